The first-order chi connectivity index (χ1) is 9.92. The van der Waals surface area contributed by atoms with Gasteiger partial charge in [0.05, 0.1) is 25.4 Å². The van der Waals surface area contributed by atoms with E-state index < -0.39 is 0 Å². The van der Waals surface area contributed by atoms with Crippen LogP contribution in [0.2, 0.25) is 0 Å². The minimum Gasteiger partial charge on any atom is -0.468 e. The van der Waals surface area contributed by atoms with Crippen LogP contribution in [0.3, 0.4) is 0 Å². The van der Waals surface area contributed by atoms with E-state index in [1.165, 1.54) is 5.56 Å². The van der Waals surface area contributed by atoms with Crippen molar-refractivity contribution in [3.8, 4) is 0 Å². The van der Waals surface area contributed by atoms with Crippen LogP contribution in [0.4, 0.5) is 0 Å². The maximum atomic E-state index is 5.36. The van der Waals surface area contributed by atoms with Crippen molar-refractivity contribution in [2.24, 2.45) is 0 Å². The third-order valence-corrected chi connectivity index (χ3v) is 3.14. The lowest BCUT2D eigenvalue weighted by Gasteiger charge is -2.18. The normalized spacial score (nSPS) is 12.4. The van der Waals surface area contributed by atoms with Gasteiger partial charge in [0, 0.05) is 0 Å². The van der Waals surface area contributed by atoms with Gasteiger partial charge in [0.15, 0.2) is 0 Å². The summed E-state index contributed by atoms with van der Waals surface area (Å²) in [6.07, 6.45) is 4.96. The van der Waals surface area contributed by atoms with Gasteiger partial charge in [-0.15, -0.1) is 0 Å². The van der Waals surface area contributed by atoms with Gasteiger partial charge in [-0.25, -0.2) is 4.98 Å². The SMILES string of the molecule is c1ccc([C@H](Cn2cncn2)NCc2ccco2)cc1. The minimum absolute atomic E-state index is 0.156. The zero-order chi connectivity index (χ0) is 13.6. The van der Waals surface area contributed by atoms with Gasteiger partial charge in [0.25, 0.3) is 0 Å². The number of hydrogen-bond acceptors (Lipinski definition) is 4. The molecule has 0 amide bonds. The summed E-state index contributed by atoms with van der Waals surface area (Å²) in [5.41, 5.74) is 1.22. The highest BCUT2D eigenvalue weighted by Gasteiger charge is 2.12. The number of nitrogens with zero attached hydrogens (tertiary/aromatic N) is 3. The summed E-state index contributed by atoms with van der Waals surface area (Å²) < 4.78 is 7.18. The van der Waals surface area contributed by atoms with Crippen LogP contribution in [0.15, 0.2) is 65.8 Å². The van der Waals surface area contributed by atoms with E-state index in [1.54, 1.807) is 18.9 Å². The number of benzene rings is 1. The molecular weight excluding hydrogens is 252 g/mol. The van der Waals surface area contributed by atoms with Crippen LogP contribution in [0.1, 0.15) is 17.4 Å². The van der Waals surface area contributed by atoms with Crippen LogP contribution in [-0.2, 0) is 13.1 Å². The van der Waals surface area contributed by atoms with E-state index in [1.807, 2.05) is 35.0 Å². The highest BCUT2D eigenvalue weighted by Crippen LogP contribution is 2.15. The molecule has 0 aliphatic rings. The van der Waals surface area contributed by atoms with Crippen molar-refractivity contribution in [2.75, 3.05) is 0 Å². The fraction of sp³-hybridized carbons (Fsp3) is 0.200. The lowest BCUT2D eigenvalue weighted by molar-refractivity contribution is 0.405. The summed E-state index contributed by atoms with van der Waals surface area (Å²) in [6, 6.07) is 14.3. The number of rotatable bonds is 6. The molecule has 0 radical (unpaired) electrons. The van der Waals surface area contributed by atoms with E-state index >= 15 is 0 Å². The van der Waals surface area contributed by atoms with Gasteiger partial charge in [-0.3, -0.25) is 4.68 Å². The monoisotopic (exact) mass is 268 g/mol. The molecule has 0 fully saturated rings. The van der Waals surface area contributed by atoms with E-state index in [0.29, 0.717) is 6.54 Å². The van der Waals surface area contributed by atoms with Crippen molar-refractivity contribution >= 4 is 0 Å². The topological polar surface area (TPSA) is 55.9 Å². The second-order valence-electron chi connectivity index (χ2n) is 4.54. The first kappa shape index (κ1) is 12.6. The summed E-state index contributed by atoms with van der Waals surface area (Å²) in [5.74, 6) is 0.921. The molecule has 20 heavy (non-hydrogen) atoms. The maximum Gasteiger partial charge on any atom is 0.137 e. The molecule has 0 saturated carbocycles. The fourth-order valence-electron chi connectivity index (χ4n) is 2.12. The molecule has 0 aliphatic carbocycles. The van der Waals surface area contributed by atoms with Crippen molar-refractivity contribution < 1.29 is 4.42 Å². The Morgan fingerprint density at radius 2 is 2.05 bits per heavy atom. The van der Waals surface area contributed by atoms with E-state index in [-0.39, 0.29) is 6.04 Å². The number of furan rings is 1. The van der Waals surface area contributed by atoms with E-state index in [2.05, 4.69) is 27.5 Å². The van der Waals surface area contributed by atoms with Crippen molar-refractivity contribution in [3.05, 3.63) is 72.7 Å². The molecule has 0 unspecified atom stereocenters. The predicted octanol–water partition coefficient (Wildman–Crippen LogP) is 2.40. The fourth-order valence-corrected chi connectivity index (χ4v) is 2.12. The third-order valence-electron chi connectivity index (χ3n) is 3.14. The molecule has 2 aromatic heterocycles. The van der Waals surface area contributed by atoms with Crippen molar-refractivity contribution in [1.29, 1.82) is 0 Å². The van der Waals surface area contributed by atoms with Gasteiger partial charge in [-0.2, -0.15) is 5.10 Å². The zero-order valence-electron chi connectivity index (χ0n) is 11.0. The van der Waals surface area contributed by atoms with E-state index in [4.69, 9.17) is 4.42 Å². The average molecular weight is 268 g/mol. The first-order valence-electron chi connectivity index (χ1n) is 6.55. The predicted molar refractivity (Wildman–Crippen MR) is 74.8 cm³/mol. The van der Waals surface area contributed by atoms with Crippen LogP contribution in [0, 0.1) is 0 Å². The smallest absolute Gasteiger partial charge is 0.137 e. The number of nitrogens with one attached hydrogen (secondary N) is 1. The molecular formula is C15H16N4O. The highest BCUT2D eigenvalue weighted by molar-refractivity contribution is 5.19. The molecule has 5 heteroatoms. The van der Waals surface area contributed by atoms with Crippen molar-refractivity contribution in [3.63, 3.8) is 0 Å². The molecule has 2 heterocycles. The second kappa shape index (κ2) is 6.16. The van der Waals surface area contributed by atoms with Gasteiger partial charge in [0.1, 0.15) is 18.4 Å². The highest BCUT2D eigenvalue weighted by atomic mass is 16.3. The maximum absolute atomic E-state index is 5.36. The number of hydrogen-bond donors (Lipinski definition) is 1. The van der Waals surface area contributed by atoms with E-state index in [0.717, 1.165) is 12.3 Å². The Labute approximate surface area is 117 Å². The number of aromatic nitrogens is 3. The van der Waals surface area contributed by atoms with Gasteiger partial charge < -0.3 is 9.73 Å². The molecule has 1 aromatic carbocycles. The summed E-state index contributed by atoms with van der Waals surface area (Å²) in [5, 5.41) is 7.66. The summed E-state index contributed by atoms with van der Waals surface area (Å²) in [4.78, 5) is 3.98. The molecule has 3 aromatic rings. The molecule has 102 valence electrons. The van der Waals surface area contributed by atoms with Crippen LogP contribution in [0.5, 0.6) is 0 Å². The van der Waals surface area contributed by atoms with Gasteiger partial charge in [-0.05, 0) is 17.7 Å². The third kappa shape index (κ3) is 3.13. The van der Waals surface area contributed by atoms with Gasteiger partial charge >= 0.3 is 0 Å². The summed E-state index contributed by atoms with van der Waals surface area (Å²) in [7, 11) is 0. The average Bonchev–Trinajstić information content (AvgIpc) is 3.18. The largest absolute Gasteiger partial charge is 0.468 e. The van der Waals surface area contributed by atoms with Crippen LogP contribution in [0.25, 0.3) is 0 Å². The Bertz CT molecular complexity index is 605. The first-order valence-corrected chi connectivity index (χ1v) is 6.55. The van der Waals surface area contributed by atoms with Gasteiger partial charge in [0.2, 0.25) is 0 Å². The Morgan fingerprint density at radius 1 is 1.15 bits per heavy atom. The Morgan fingerprint density at radius 3 is 2.75 bits per heavy atom. The van der Waals surface area contributed by atoms with Crippen molar-refractivity contribution in [2.45, 2.75) is 19.1 Å². The standard InChI is InChI=1S/C15H16N4O/c1-2-5-13(6-3-1)15(10-19-12-16-11-18-19)17-9-14-7-4-8-20-14/h1-8,11-12,15,17H,9-10H2/t15-/m0/s1. The minimum atomic E-state index is 0.156. The second-order valence-corrected chi connectivity index (χ2v) is 4.54. The molecule has 0 spiro atoms. The van der Waals surface area contributed by atoms with Crippen molar-refractivity contribution in [1.82, 2.24) is 20.1 Å². The molecule has 0 bridgehead atoms. The quantitative estimate of drug-likeness (QED) is 0.746. The Balaban J connectivity index is 1.73. The molecule has 0 aliphatic heterocycles. The summed E-state index contributed by atoms with van der Waals surface area (Å²) >= 11 is 0. The zero-order valence-corrected chi connectivity index (χ0v) is 11.0. The van der Waals surface area contributed by atoms with Crippen LogP contribution < -0.4 is 5.32 Å². The van der Waals surface area contributed by atoms with Gasteiger partial charge in [-0.1, -0.05) is 30.3 Å². The van der Waals surface area contributed by atoms with E-state index in [9.17, 15) is 0 Å². The Hall–Kier alpha value is -2.40. The van der Waals surface area contributed by atoms with Crippen LogP contribution in [-0.4, -0.2) is 14.8 Å². The molecule has 1 atom stereocenters. The lowest BCUT2D eigenvalue weighted by atomic mass is 10.1. The molecule has 3 rings (SSSR count). The molecule has 1 N–H and O–H groups in total. The molecule has 0 saturated heterocycles. The summed E-state index contributed by atoms with van der Waals surface area (Å²) in [6.45, 7) is 1.41. The lowest BCUT2D eigenvalue weighted by Crippen LogP contribution is -2.25. The van der Waals surface area contributed by atoms with Crippen LogP contribution >= 0.6 is 0 Å². The Kier molecular flexibility index (Phi) is 3.89. The molecule has 5 nitrogen and oxygen atoms in total.